The molecule has 0 aromatic carbocycles. The monoisotopic (exact) mass is 422 g/mol. The van der Waals surface area contributed by atoms with Crippen LogP contribution in [0.1, 0.15) is 50.6 Å². The van der Waals surface area contributed by atoms with Crippen LogP contribution in [-0.4, -0.2) is 42.9 Å². The van der Waals surface area contributed by atoms with Gasteiger partial charge in [0.2, 0.25) is 0 Å². The van der Waals surface area contributed by atoms with Crippen molar-refractivity contribution in [1.82, 2.24) is 19.4 Å². The first kappa shape index (κ1) is 19.9. The lowest BCUT2D eigenvalue weighted by molar-refractivity contribution is 0.182. The highest BCUT2D eigenvalue weighted by molar-refractivity contribution is 7.99. The number of rotatable bonds is 3. The molecule has 2 aromatic rings. The summed E-state index contributed by atoms with van der Waals surface area (Å²) in [4.78, 5) is 41.5. The van der Waals surface area contributed by atoms with E-state index in [0.29, 0.717) is 25.7 Å². The van der Waals surface area contributed by atoms with Gasteiger partial charge < -0.3 is 10.4 Å². The van der Waals surface area contributed by atoms with Crippen molar-refractivity contribution >= 4 is 28.9 Å². The second-order valence-electron chi connectivity index (χ2n) is 7.65. The van der Waals surface area contributed by atoms with Crippen LogP contribution < -0.4 is 16.6 Å². The lowest BCUT2D eigenvalue weighted by Crippen LogP contribution is -2.46. The molecular formula is C19H23FN4O4S. The number of nitrogens with zero attached hydrogens (tertiary/aromatic N) is 3. The molecule has 1 saturated heterocycles. The van der Waals surface area contributed by atoms with Gasteiger partial charge in [-0.05, 0) is 56.1 Å². The summed E-state index contributed by atoms with van der Waals surface area (Å²) in [5, 5.41) is 11.5. The third-order valence-corrected chi connectivity index (χ3v) is 6.92. The molecule has 1 amide bonds. The van der Waals surface area contributed by atoms with Crippen LogP contribution in [0.15, 0.2) is 21.9 Å². The molecule has 2 aromatic heterocycles. The molecule has 0 radical (unpaired) electrons. The van der Waals surface area contributed by atoms with Crippen LogP contribution in [0.5, 0.6) is 0 Å². The molecule has 1 aliphatic heterocycles. The van der Waals surface area contributed by atoms with E-state index in [4.69, 9.17) is 5.11 Å². The second-order valence-corrected chi connectivity index (χ2v) is 8.88. The molecule has 0 spiro atoms. The van der Waals surface area contributed by atoms with E-state index >= 15 is 0 Å². The zero-order valence-electron chi connectivity index (χ0n) is 15.8. The van der Waals surface area contributed by atoms with Crippen molar-refractivity contribution in [3.8, 4) is 0 Å². The van der Waals surface area contributed by atoms with Gasteiger partial charge in [-0.25, -0.2) is 19.0 Å². The molecule has 2 aliphatic rings. The van der Waals surface area contributed by atoms with Crippen molar-refractivity contribution in [1.29, 1.82) is 0 Å². The van der Waals surface area contributed by atoms with Crippen LogP contribution in [0.2, 0.25) is 0 Å². The van der Waals surface area contributed by atoms with Gasteiger partial charge in [0, 0.05) is 18.1 Å². The first-order valence-electron chi connectivity index (χ1n) is 9.85. The topological polar surface area (TPSA) is 106 Å². The van der Waals surface area contributed by atoms with E-state index in [-0.39, 0.29) is 29.2 Å². The standard InChI is InChI=1S/C19H23FN4O4S/c20-11-9-15-16(21-10-11)23(14-5-7-29-8-6-14)19(28)24(17(15)25)13-3-1-12(2-4-13)22-18(26)27/h9-10,12-14,22H,1-8H2,(H,26,27). The molecule has 156 valence electrons. The molecule has 3 heterocycles. The van der Waals surface area contributed by atoms with Crippen molar-refractivity contribution in [3.63, 3.8) is 0 Å². The van der Waals surface area contributed by atoms with Gasteiger partial charge in [-0.2, -0.15) is 11.8 Å². The van der Waals surface area contributed by atoms with Crippen molar-refractivity contribution < 1.29 is 14.3 Å². The molecule has 2 fully saturated rings. The summed E-state index contributed by atoms with van der Waals surface area (Å²) in [6.07, 6.45) is 3.67. The maximum atomic E-state index is 13.9. The number of aromatic nitrogens is 3. The Balaban J connectivity index is 1.79. The Bertz CT molecular complexity index is 1040. The number of carbonyl (C=O) groups is 1. The zero-order chi connectivity index (χ0) is 20.5. The summed E-state index contributed by atoms with van der Waals surface area (Å²) in [5.74, 6) is 1.23. The van der Waals surface area contributed by atoms with Crippen molar-refractivity contribution in [2.45, 2.75) is 56.7 Å². The largest absolute Gasteiger partial charge is 0.465 e. The van der Waals surface area contributed by atoms with Crippen molar-refractivity contribution in [2.75, 3.05) is 11.5 Å². The minimum Gasteiger partial charge on any atom is -0.465 e. The number of fused-ring (bicyclic) bond motifs is 1. The van der Waals surface area contributed by atoms with Crippen LogP contribution in [0, 0.1) is 5.82 Å². The highest BCUT2D eigenvalue weighted by Crippen LogP contribution is 2.30. The van der Waals surface area contributed by atoms with E-state index in [0.717, 1.165) is 36.6 Å². The Morgan fingerprint density at radius 3 is 2.41 bits per heavy atom. The first-order valence-corrected chi connectivity index (χ1v) is 11.0. The SMILES string of the molecule is O=C(O)NC1CCC(n2c(=O)c3cc(F)cnc3n(C3CCSCC3)c2=O)CC1. The number of amides is 1. The van der Waals surface area contributed by atoms with E-state index < -0.39 is 23.2 Å². The third kappa shape index (κ3) is 3.90. The minimum absolute atomic E-state index is 0.0684. The molecule has 29 heavy (non-hydrogen) atoms. The molecule has 0 bridgehead atoms. The van der Waals surface area contributed by atoms with E-state index in [1.807, 2.05) is 11.8 Å². The average molecular weight is 422 g/mol. The van der Waals surface area contributed by atoms with Crippen LogP contribution in [0.25, 0.3) is 11.0 Å². The Labute approximate surface area is 170 Å². The first-order chi connectivity index (χ1) is 14.0. The molecular weight excluding hydrogens is 399 g/mol. The number of thioether (sulfide) groups is 1. The predicted molar refractivity (Wildman–Crippen MR) is 108 cm³/mol. The van der Waals surface area contributed by atoms with Crippen LogP contribution in [0.4, 0.5) is 9.18 Å². The Kier molecular flexibility index (Phi) is 5.62. The molecule has 10 heteroatoms. The van der Waals surface area contributed by atoms with Gasteiger partial charge in [0.1, 0.15) is 11.5 Å². The fraction of sp³-hybridized carbons (Fsp3) is 0.579. The summed E-state index contributed by atoms with van der Waals surface area (Å²) in [6.45, 7) is 0. The Morgan fingerprint density at radius 2 is 1.76 bits per heavy atom. The van der Waals surface area contributed by atoms with Gasteiger partial charge in [-0.3, -0.25) is 13.9 Å². The molecule has 1 aliphatic carbocycles. The summed E-state index contributed by atoms with van der Waals surface area (Å²) >= 11 is 1.83. The Hall–Kier alpha value is -2.36. The lowest BCUT2D eigenvalue weighted by atomic mass is 9.91. The van der Waals surface area contributed by atoms with Crippen LogP contribution >= 0.6 is 11.8 Å². The van der Waals surface area contributed by atoms with Crippen LogP contribution in [-0.2, 0) is 0 Å². The van der Waals surface area contributed by atoms with Gasteiger partial charge in [0.25, 0.3) is 5.56 Å². The molecule has 1 saturated carbocycles. The fourth-order valence-electron chi connectivity index (χ4n) is 4.45. The predicted octanol–water partition coefficient (Wildman–Crippen LogP) is 2.52. The highest BCUT2D eigenvalue weighted by atomic mass is 32.2. The molecule has 0 atom stereocenters. The third-order valence-electron chi connectivity index (χ3n) is 5.87. The summed E-state index contributed by atoms with van der Waals surface area (Å²) in [5.41, 5.74) is -0.669. The number of pyridine rings is 1. The maximum Gasteiger partial charge on any atom is 0.404 e. The zero-order valence-corrected chi connectivity index (χ0v) is 16.7. The highest BCUT2D eigenvalue weighted by Gasteiger charge is 2.29. The van der Waals surface area contributed by atoms with Crippen LogP contribution in [0.3, 0.4) is 0 Å². The van der Waals surface area contributed by atoms with Crippen molar-refractivity contribution in [2.24, 2.45) is 0 Å². The summed E-state index contributed by atoms with van der Waals surface area (Å²) in [7, 11) is 0. The number of nitrogens with one attached hydrogen (secondary N) is 1. The van der Waals surface area contributed by atoms with Gasteiger partial charge >= 0.3 is 11.8 Å². The number of hydrogen-bond acceptors (Lipinski definition) is 5. The average Bonchev–Trinajstić information content (AvgIpc) is 2.70. The summed E-state index contributed by atoms with van der Waals surface area (Å²) in [6, 6.07) is 0.572. The Morgan fingerprint density at radius 1 is 1.10 bits per heavy atom. The number of hydrogen-bond donors (Lipinski definition) is 2. The smallest absolute Gasteiger partial charge is 0.404 e. The minimum atomic E-state index is -1.07. The van der Waals surface area contributed by atoms with Crippen molar-refractivity contribution in [3.05, 3.63) is 38.9 Å². The lowest BCUT2D eigenvalue weighted by Gasteiger charge is -2.31. The molecule has 8 nitrogen and oxygen atoms in total. The quantitative estimate of drug-likeness (QED) is 0.787. The van der Waals surface area contributed by atoms with E-state index in [1.165, 1.54) is 4.57 Å². The maximum absolute atomic E-state index is 13.9. The van der Waals surface area contributed by atoms with E-state index in [2.05, 4.69) is 10.3 Å². The fourth-order valence-corrected chi connectivity index (χ4v) is 5.53. The van der Waals surface area contributed by atoms with Gasteiger partial charge in [-0.15, -0.1) is 0 Å². The van der Waals surface area contributed by atoms with Gasteiger partial charge in [-0.1, -0.05) is 0 Å². The molecule has 2 N–H and O–H groups in total. The molecule has 0 unspecified atom stereocenters. The van der Waals surface area contributed by atoms with E-state index in [9.17, 15) is 18.8 Å². The number of carboxylic acid groups (broad SMARTS) is 1. The summed E-state index contributed by atoms with van der Waals surface area (Å²) < 4.78 is 16.7. The second kappa shape index (κ2) is 8.17. The van der Waals surface area contributed by atoms with Gasteiger partial charge in [0.15, 0.2) is 0 Å². The van der Waals surface area contributed by atoms with Gasteiger partial charge in [0.05, 0.1) is 11.6 Å². The van der Waals surface area contributed by atoms with E-state index in [1.54, 1.807) is 4.57 Å². The molecule has 4 rings (SSSR count). The normalized spacial score (nSPS) is 23.2. The number of halogens is 1.